The second kappa shape index (κ2) is 6.36. The summed E-state index contributed by atoms with van der Waals surface area (Å²) in [7, 11) is 0. The van der Waals surface area contributed by atoms with Gasteiger partial charge in [-0.1, -0.05) is 0 Å². The van der Waals surface area contributed by atoms with Gasteiger partial charge in [-0.05, 0) is 34.1 Å². The molecule has 1 rings (SSSR count). The van der Waals surface area contributed by atoms with E-state index in [-0.39, 0.29) is 5.54 Å². The number of nitrogens with zero attached hydrogens (tertiary/aromatic N) is 1. The molecule has 0 bridgehead atoms. The van der Waals surface area contributed by atoms with Crippen LogP contribution < -0.4 is 10.6 Å². The molecule has 1 heterocycles. The van der Waals surface area contributed by atoms with E-state index < -0.39 is 0 Å². The van der Waals surface area contributed by atoms with Crippen molar-refractivity contribution in [1.29, 1.82) is 0 Å². The number of carbonyl (C=O) groups excluding carboxylic acids is 1. The Balaban J connectivity index is 2.09. The van der Waals surface area contributed by atoms with Crippen molar-refractivity contribution in [3.8, 4) is 0 Å². The van der Waals surface area contributed by atoms with E-state index in [0.717, 1.165) is 39.0 Å². The van der Waals surface area contributed by atoms with Crippen molar-refractivity contribution in [2.24, 2.45) is 0 Å². The van der Waals surface area contributed by atoms with Gasteiger partial charge in [0.2, 0.25) is 5.91 Å². The number of hydrogen-bond donors (Lipinski definition) is 2. The van der Waals surface area contributed by atoms with Gasteiger partial charge in [0.1, 0.15) is 0 Å². The molecule has 17 heavy (non-hydrogen) atoms. The lowest BCUT2D eigenvalue weighted by atomic mass is 10.1. The van der Waals surface area contributed by atoms with Gasteiger partial charge in [-0.2, -0.15) is 0 Å². The van der Waals surface area contributed by atoms with Crippen LogP contribution in [0.25, 0.3) is 0 Å². The predicted molar refractivity (Wildman–Crippen MR) is 71.0 cm³/mol. The molecular weight excluding hydrogens is 214 g/mol. The molecule has 1 aliphatic rings. The van der Waals surface area contributed by atoms with Crippen molar-refractivity contribution in [2.45, 2.75) is 52.1 Å². The monoisotopic (exact) mass is 241 g/mol. The molecular formula is C13H27N3O. The molecule has 100 valence electrons. The lowest BCUT2D eigenvalue weighted by molar-refractivity contribution is -0.127. The van der Waals surface area contributed by atoms with E-state index >= 15 is 0 Å². The molecule has 0 saturated carbocycles. The maximum absolute atomic E-state index is 11.5. The van der Waals surface area contributed by atoms with E-state index in [1.54, 1.807) is 0 Å². The number of amides is 1. The first kappa shape index (κ1) is 14.5. The summed E-state index contributed by atoms with van der Waals surface area (Å²) in [6, 6.07) is 0.374. The van der Waals surface area contributed by atoms with E-state index in [2.05, 4.69) is 38.3 Å². The minimum absolute atomic E-state index is 0.176. The summed E-state index contributed by atoms with van der Waals surface area (Å²) in [6.07, 6.45) is 1.76. The van der Waals surface area contributed by atoms with E-state index in [0.29, 0.717) is 11.9 Å². The summed E-state index contributed by atoms with van der Waals surface area (Å²) in [5, 5.41) is 6.88. The van der Waals surface area contributed by atoms with Crippen molar-refractivity contribution in [2.75, 3.05) is 26.2 Å². The zero-order chi connectivity index (χ0) is 12.9. The van der Waals surface area contributed by atoms with Gasteiger partial charge in [-0.3, -0.25) is 4.79 Å². The molecule has 0 aromatic carbocycles. The van der Waals surface area contributed by atoms with Crippen LogP contribution in [0, 0.1) is 0 Å². The van der Waals surface area contributed by atoms with Crippen LogP contribution in [0.4, 0.5) is 0 Å². The highest BCUT2D eigenvalue weighted by molar-refractivity contribution is 5.78. The number of nitrogens with one attached hydrogen (secondary N) is 2. The third-order valence-corrected chi connectivity index (χ3v) is 2.94. The lowest BCUT2D eigenvalue weighted by Crippen LogP contribution is -2.45. The fourth-order valence-corrected chi connectivity index (χ4v) is 2.05. The molecule has 0 aromatic heterocycles. The Morgan fingerprint density at radius 1 is 1.35 bits per heavy atom. The molecule has 0 spiro atoms. The van der Waals surface area contributed by atoms with Crippen molar-refractivity contribution < 1.29 is 4.79 Å². The average molecular weight is 241 g/mol. The van der Waals surface area contributed by atoms with Crippen molar-refractivity contribution in [1.82, 2.24) is 15.5 Å². The Morgan fingerprint density at radius 3 is 2.59 bits per heavy atom. The largest absolute Gasteiger partial charge is 0.341 e. The average Bonchev–Trinajstić information content (AvgIpc) is 2.58. The van der Waals surface area contributed by atoms with Crippen LogP contribution in [-0.2, 0) is 4.79 Å². The van der Waals surface area contributed by atoms with Crippen LogP contribution in [0.5, 0.6) is 0 Å². The molecule has 1 saturated heterocycles. The highest BCUT2D eigenvalue weighted by Crippen LogP contribution is 2.09. The Morgan fingerprint density at radius 2 is 2.06 bits per heavy atom. The van der Waals surface area contributed by atoms with Gasteiger partial charge in [0.15, 0.2) is 0 Å². The predicted octanol–water partition coefficient (Wildman–Crippen LogP) is 0.975. The van der Waals surface area contributed by atoms with Gasteiger partial charge in [0, 0.05) is 44.2 Å². The van der Waals surface area contributed by atoms with Crippen LogP contribution in [0.2, 0.25) is 0 Å². The lowest BCUT2D eigenvalue weighted by Gasteiger charge is -2.24. The first-order valence-corrected chi connectivity index (χ1v) is 6.65. The third kappa shape index (κ3) is 6.03. The molecule has 0 aliphatic carbocycles. The van der Waals surface area contributed by atoms with Crippen LogP contribution in [-0.4, -0.2) is 48.6 Å². The van der Waals surface area contributed by atoms with E-state index in [4.69, 9.17) is 0 Å². The summed E-state index contributed by atoms with van der Waals surface area (Å²) in [5.74, 6) is 0.312. The molecule has 1 aliphatic heterocycles. The SMILES string of the molecule is CC(CN1CCCC1=O)NCCNC(C)(C)C. The summed E-state index contributed by atoms with van der Waals surface area (Å²) < 4.78 is 0. The molecule has 1 unspecified atom stereocenters. The maximum Gasteiger partial charge on any atom is 0.222 e. The first-order valence-electron chi connectivity index (χ1n) is 6.65. The molecule has 1 fully saturated rings. The van der Waals surface area contributed by atoms with Crippen molar-refractivity contribution in [3.05, 3.63) is 0 Å². The van der Waals surface area contributed by atoms with Gasteiger partial charge >= 0.3 is 0 Å². The Labute approximate surface area is 105 Å². The Kier molecular flexibility index (Phi) is 5.40. The normalized spacial score (nSPS) is 18.8. The standard InChI is InChI=1S/C13H27N3O/c1-11(10-16-9-5-6-12(16)17)14-7-8-15-13(2,3)4/h11,14-15H,5-10H2,1-4H3. The summed E-state index contributed by atoms with van der Waals surface area (Å²) in [4.78, 5) is 13.4. The second-order valence-electron chi connectivity index (χ2n) is 5.98. The minimum atomic E-state index is 0.176. The van der Waals surface area contributed by atoms with Crippen LogP contribution in [0.3, 0.4) is 0 Å². The highest BCUT2D eigenvalue weighted by Gasteiger charge is 2.21. The summed E-state index contributed by atoms with van der Waals surface area (Å²) in [6.45, 7) is 12.3. The molecule has 4 nitrogen and oxygen atoms in total. The van der Waals surface area contributed by atoms with Crippen LogP contribution in [0.15, 0.2) is 0 Å². The third-order valence-electron chi connectivity index (χ3n) is 2.94. The molecule has 0 aromatic rings. The van der Waals surface area contributed by atoms with E-state index in [1.807, 2.05) is 4.90 Å². The summed E-state index contributed by atoms with van der Waals surface area (Å²) >= 11 is 0. The topological polar surface area (TPSA) is 44.4 Å². The van der Waals surface area contributed by atoms with E-state index in [9.17, 15) is 4.79 Å². The van der Waals surface area contributed by atoms with E-state index in [1.165, 1.54) is 0 Å². The zero-order valence-electron chi connectivity index (χ0n) is 11.7. The molecule has 1 amide bonds. The molecule has 4 heteroatoms. The Hall–Kier alpha value is -0.610. The second-order valence-corrected chi connectivity index (χ2v) is 5.98. The van der Waals surface area contributed by atoms with Gasteiger partial charge < -0.3 is 15.5 Å². The molecule has 0 radical (unpaired) electrons. The fourth-order valence-electron chi connectivity index (χ4n) is 2.05. The van der Waals surface area contributed by atoms with Crippen molar-refractivity contribution >= 4 is 5.91 Å². The quantitative estimate of drug-likeness (QED) is 0.681. The molecule has 2 N–H and O–H groups in total. The fraction of sp³-hybridized carbons (Fsp3) is 0.923. The van der Waals surface area contributed by atoms with Gasteiger partial charge in [-0.25, -0.2) is 0 Å². The number of hydrogen-bond acceptors (Lipinski definition) is 3. The maximum atomic E-state index is 11.5. The number of likely N-dealkylation sites (tertiary alicyclic amines) is 1. The minimum Gasteiger partial charge on any atom is -0.341 e. The van der Waals surface area contributed by atoms with Crippen LogP contribution >= 0.6 is 0 Å². The van der Waals surface area contributed by atoms with Crippen LogP contribution in [0.1, 0.15) is 40.5 Å². The van der Waals surface area contributed by atoms with Gasteiger partial charge in [0.05, 0.1) is 0 Å². The first-order chi connectivity index (χ1) is 7.88. The zero-order valence-corrected chi connectivity index (χ0v) is 11.7. The Bertz CT molecular complexity index is 248. The number of rotatable bonds is 6. The number of carbonyl (C=O) groups is 1. The van der Waals surface area contributed by atoms with Gasteiger partial charge in [-0.15, -0.1) is 0 Å². The molecule has 1 atom stereocenters. The summed E-state index contributed by atoms with van der Waals surface area (Å²) in [5.41, 5.74) is 0.176. The van der Waals surface area contributed by atoms with Gasteiger partial charge in [0.25, 0.3) is 0 Å². The van der Waals surface area contributed by atoms with Crippen molar-refractivity contribution in [3.63, 3.8) is 0 Å². The smallest absolute Gasteiger partial charge is 0.222 e. The highest BCUT2D eigenvalue weighted by atomic mass is 16.2.